The highest BCUT2D eigenvalue weighted by atomic mass is 16.5. The molecule has 0 heterocycles. The number of nitriles is 1. The van der Waals surface area contributed by atoms with E-state index in [1.54, 1.807) is 28.1 Å². The number of hydrogen-bond acceptors (Lipinski definition) is 8. The minimum absolute atomic E-state index is 0.0417. The van der Waals surface area contributed by atoms with Crippen LogP contribution in [-0.2, 0) is 9.47 Å². The van der Waals surface area contributed by atoms with E-state index in [0.717, 1.165) is 12.5 Å². The van der Waals surface area contributed by atoms with Gasteiger partial charge in [-0.2, -0.15) is 5.26 Å². The summed E-state index contributed by atoms with van der Waals surface area (Å²) in [6, 6.07) is 2.24. The smallest absolute Gasteiger partial charge is 0.0686 e. The van der Waals surface area contributed by atoms with E-state index in [0.29, 0.717) is 59.4 Å². The summed E-state index contributed by atoms with van der Waals surface area (Å²) < 4.78 is 10.0. The predicted octanol–water partition coefficient (Wildman–Crippen LogP) is 14.0. The number of methoxy groups -OCH3 is 2. The molecule has 0 aliphatic carbocycles. The van der Waals surface area contributed by atoms with Crippen molar-refractivity contribution >= 4 is 0 Å². The van der Waals surface area contributed by atoms with Crippen LogP contribution in [0.5, 0.6) is 0 Å². The molecule has 0 radical (unpaired) electrons. The second kappa shape index (κ2) is 43.1. The highest BCUT2D eigenvalue weighted by molar-refractivity contribution is 4.93. The van der Waals surface area contributed by atoms with Gasteiger partial charge in [0.1, 0.15) is 0 Å². The van der Waals surface area contributed by atoms with Crippen molar-refractivity contribution < 1.29 is 35.0 Å². The first-order valence-corrected chi connectivity index (χ1v) is 23.5. The van der Waals surface area contributed by atoms with Gasteiger partial charge in [-0.15, -0.1) is 0 Å². The van der Waals surface area contributed by atoms with Crippen LogP contribution in [0.3, 0.4) is 0 Å². The molecule has 0 spiro atoms. The van der Waals surface area contributed by atoms with Gasteiger partial charge in [0.15, 0.2) is 0 Å². The molecule has 0 aromatic carbocycles. The van der Waals surface area contributed by atoms with Gasteiger partial charge in [-0.1, -0.05) is 159 Å². The first kappa shape index (κ1) is 80.5. The Bertz CT molecular complexity index is 833. The van der Waals surface area contributed by atoms with Gasteiger partial charge in [0, 0.05) is 34.0 Å². The predicted molar refractivity (Wildman–Crippen MR) is 273 cm³/mol. The lowest BCUT2D eigenvalue weighted by Crippen LogP contribution is -2.29. The maximum Gasteiger partial charge on any atom is 0.0686 e. The molecule has 61 heavy (non-hydrogen) atoms. The molecule has 8 heteroatoms. The van der Waals surface area contributed by atoms with Crippen LogP contribution < -0.4 is 0 Å². The quantitative estimate of drug-likeness (QED) is 0.138. The average molecular weight is 885 g/mol. The zero-order chi connectivity index (χ0) is 52.1. The molecule has 0 aliphatic heterocycles. The Hall–Kier alpha value is -0.790. The van der Waals surface area contributed by atoms with Crippen molar-refractivity contribution in [1.29, 1.82) is 5.26 Å². The molecule has 0 aliphatic rings. The minimum Gasteiger partial charge on any atom is -0.396 e. The molecule has 0 rings (SSSR count). The van der Waals surface area contributed by atoms with Gasteiger partial charge < -0.3 is 35.0 Å². The summed E-state index contributed by atoms with van der Waals surface area (Å²) in [4.78, 5) is 0. The topological polar surface area (TPSA) is 143 Å². The number of ether oxygens (including phenoxy) is 2. The number of hydrogen-bond donors (Lipinski definition) is 5. The maximum atomic E-state index is 9.09. The van der Waals surface area contributed by atoms with Crippen LogP contribution in [0, 0.1) is 80.8 Å². The normalized spacial score (nSPS) is 12.6. The first-order valence-electron chi connectivity index (χ1n) is 23.5. The van der Waals surface area contributed by atoms with E-state index in [2.05, 4.69) is 124 Å². The molecule has 0 saturated carbocycles. The van der Waals surface area contributed by atoms with Gasteiger partial charge >= 0.3 is 0 Å². The van der Waals surface area contributed by atoms with Crippen LogP contribution in [0.2, 0.25) is 0 Å². The summed E-state index contributed by atoms with van der Waals surface area (Å²) in [5.41, 5.74) is -0.0139. The Labute approximate surface area is 386 Å². The third-order valence-electron chi connectivity index (χ3n) is 11.6. The number of rotatable bonds is 11. The lowest BCUT2D eigenvalue weighted by molar-refractivity contribution is -0.0157. The molecule has 8 nitrogen and oxygen atoms in total. The Morgan fingerprint density at radius 3 is 0.754 bits per heavy atom. The molecule has 0 aromatic rings. The van der Waals surface area contributed by atoms with E-state index in [1.807, 2.05) is 83.1 Å². The highest BCUT2D eigenvalue weighted by Gasteiger charge is 2.22. The molecular weight excluding hydrogens is 763 g/mol. The van der Waals surface area contributed by atoms with Gasteiger partial charge in [0.05, 0.1) is 34.9 Å². The van der Waals surface area contributed by atoms with Crippen molar-refractivity contribution in [1.82, 2.24) is 0 Å². The van der Waals surface area contributed by atoms with E-state index in [9.17, 15) is 0 Å². The number of nitrogens with zero attached hydrogens (tertiary/aromatic N) is 1. The van der Waals surface area contributed by atoms with Crippen molar-refractivity contribution in [3.8, 4) is 6.07 Å². The molecule has 2 atom stereocenters. The summed E-state index contributed by atoms with van der Waals surface area (Å²) in [6.45, 7) is 65.0. The Kier molecular flexibility index (Phi) is 56.9. The van der Waals surface area contributed by atoms with E-state index >= 15 is 0 Å². The number of aliphatic hydroxyl groups excluding tert-OH is 4. The summed E-state index contributed by atoms with van der Waals surface area (Å²) in [6.07, 6.45) is -0.296. The third-order valence-corrected chi connectivity index (χ3v) is 11.6. The Balaban J connectivity index is -0.0000000715. The molecular formula is C53H121NO7. The fraction of sp³-hybridized carbons (Fsp3) is 0.981. The molecule has 0 unspecified atom stereocenters. The van der Waals surface area contributed by atoms with Crippen molar-refractivity contribution in [3.63, 3.8) is 0 Å². The summed E-state index contributed by atoms with van der Waals surface area (Å²) in [5, 5.41) is 51.8. The molecule has 0 amide bonds. The summed E-state index contributed by atoms with van der Waals surface area (Å²) in [7, 11) is 3.47. The van der Waals surface area contributed by atoms with Gasteiger partial charge in [0.25, 0.3) is 0 Å². The monoisotopic (exact) mass is 884 g/mol. The van der Waals surface area contributed by atoms with Crippen molar-refractivity contribution in [2.45, 2.75) is 238 Å². The SMILES string of the molecule is CC(C)C(C)(C)C.CC(C)C(C)(C)C#N.CC(C)C(C)(C)CO.CC(C)C(C)(C)O.CC(C)CO.CC(C)[C@@H](C)O.CC(C)[C@H](C)O.COC(C)(C)C(C)C.COCC(C)C. The largest absolute Gasteiger partial charge is 0.396 e. The maximum absolute atomic E-state index is 9.09. The molecule has 380 valence electrons. The zero-order valence-corrected chi connectivity index (χ0v) is 48.0. The van der Waals surface area contributed by atoms with Crippen molar-refractivity contribution in [3.05, 3.63) is 0 Å². The second-order valence-electron chi connectivity index (χ2n) is 23.0. The van der Waals surface area contributed by atoms with Gasteiger partial charge in [-0.05, 0) is 119 Å². The average Bonchev–Trinajstić information content (AvgIpc) is 3.09. The Morgan fingerprint density at radius 1 is 0.492 bits per heavy atom. The molecule has 0 aromatic heterocycles. The van der Waals surface area contributed by atoms with E-state index in [1.165, 1.54) is 0 Å². The minimum atomic E-state index is -0.500. The van der Waals surface area contributed by atoms with Crippen LogP contribution in [0.25, 0.3) is 0 Å². The third kappa shape index (κ3) is 73.9. The zero-order valence-electron chi connectivity index (χ0n) is 48.0. The van der Waals surface area contributed by atoms with Crippen LogP contribution in [0.15, 0.2) is 0 Å². The van der Waals surface area contributed by atoms with Crippen molar-refractivity contribution in [2.75, 3.05) is 34.0 Å². The van der Waals surface area contributed by atoms with Gasteiger partial charge in [0.2, 0.25) is 0 Å². The lowest BCUT2D eigenvalue weighted by atomic mass is 9.82. The lowest BCUT2D eigenvalue weighted by Gasteiger charge is -2.26. The summed E-state index contributed by atoms with van der Waals surface area (Å²) >= 11 is 0. The molecule has 0 bridgehead atoms. The fourth-order valence-corrected chi connectivity index (χ4v) is 0.881. The standard InChI is InChI=1S/C7H13N.2C7H16O.C7H16.C6H14O.3C5H12O.C4H10O/c1-6(2)7(3,4)5-8;1-6(2)7(3,4)8-5;1-6(2)7(3,4)5-8;1-6(2)7(3,4)5;1-5(2)6(3,4)7;1-5(2)4-6-3;2*1-4(2)5(3)6;1-4(2)3-5/h6H,1-4H3;6H,1-5H3;6,8H,5H2,1-4H3;6H,1-5H3;5,7H,1-4H3;5H,4H2,1-3H3;2*4-6H,1-3H3;4-5H,3H2,1-2H3/t;;;;;;2*5-;/m......10./s1. The fourth-order valence-electron chi connectivity index (χ4n) is 0.881. The van der Waals surface area contributed by atoms with Crippen LogP contribution in [0.4, 0.5) is 0 Å². The van der Waals surface area contributed by atoms with E-state index < -0.39 is 5.60 Å². The van der Waals surface area contributed by atoms with E-state index in [-0.39, 0.29) is 35.2 Å². The molecule has 0 saturated heterocycles. The van der Waals surface area contributed by atoms with Gasteiger partial charge in [-0.3, -0.25) is 0 Å². The molecule has 0 fully saturated rings. The van der Waals surface area contributed by atoms with Gasteiger partial charge in [-0.25, -0.2) is 0 Å². The molecule has 5 N–H and O–H groups in total. The van der Waals surface area contributed by atoms with Crippen LogP contribution in [0.1, 0.15) is 215 Å². The van der Waals surface area contributed by atoms with Crippen LogP contribution in [-0.4, -0.2) is 83.0 Å². The number of aliphatic hydroxyl groups is 5. The van der Waals surface area contributed by atoms with Crippen molar-refractivity contribution in [2.24, 2.45) is 69.5 Å². The van der Waals surface area contributed by atoms with Crippen LogP contribution >= 0.6 is 0 Å². The second-order valence-corrected chi connectivity index (χ2v) is 23.0. The Morgan fingerprint density at radius 2 is 0.754 bits per heavy atom. The first-order chi connectivity index (χ1) is 26.7. The highest BCUT2D eigenvalue weighted by Crippen LogP contribution is 2.25. The van der Waals surface area contributed by atoms with E-state index in [4.69, 9.17) is 40.3 Å². The summed E-state index contributed by atoms with van der Waals surface area (Å²) in [5.74, 6) is 4.69.